The molecular weight excluding hydrogens is 478 g/mol. The largest absolute Gasteiger partial charge is 0.490 e. The van der Waals surface area contributed by atoms with Crippen molar-refractivity contribution in [3.63, 3.8) is 0 Å². The topological polar surface area (TPSA) is 98.1 Å². The van der Waals surface area contributed by atoms with Crippen molar-refractivity contribution >= 4 is 38.8 Å². The highest BCUT2D eigenvalue weighted by molar-refractivity contribution is 7.92. The van der Waals surface area contributed by atoms with Crippen molar-refractivity contribution in [3.8, 4) is 11.6 Å². The van der Waals surface area contributed by atoms with Crippen LogP contribution in [0.5, 0.6) is 11.6 Å². The molecule has 1 aliphatic rings. The Kier molecular flexibility index (Phi) is 5.70. The van der Waals surface area contributed by atoms with Crippen LogP contribution in [0.25, 0.3) is 5.65 Å². The standard InChI is InChI=1S/C23H22ClN5O4S/c1-15-17(24)4-3-5-20(15)34(30,31)27-22-23(29-9-8-25-13-21(29)26-22)33-14-16-6-7-18-19(12-16)32-11-10-28(18)2/h3-9,12-13,27H,10-11,14H2,1-2H3. The van der Waals surface area contributed by atoms with Crippen molar-refractivity contribution < 1.29 is 17.9 Å². The van der Waals surface area contributed by atoms with Crippen LogP contribution in [0.3, 0.4) is 0 Å². The Bertz CT molecular complexity index is 1490. The molecule has 3 heterocycles. The van der Waals surface area contributed by atoms with E-state index in [1.165, 1.54) is 12.3 Å². The minimum atomic E-state index is -3.97. The van der Waals surface area contributed by atoms with Gasteiger partial charge in [-0.3, -0.25) is 14.1 Å². The number of sulfonamides is 1. The quantitative estimate of drug-likeness (QED) is 0.429. The van der Waals surface area contributed by atoms with E-state index in [2.05, 4.69) is 19.6 Å². The summed E-state index contributed by atoms with van der Waals surface area (Å²) in [6, 6.07) is 10.6. The molecule has 0 fully saturated rings. The summed E-state index contributed by atoms with van der Waals surface area (Å²) in [5, 5.41) is 0.360. The van der Waals surface area contributed by atoms with Gasteiger partial charge >= 0.3 is 0 Å². The van der Waals surface area contributed by atoms with Crippen LogP contribution in [0.2, 0.25) is 5.02 Å². The summed E-state index contributed by atoms with van der Waals surface area (Å²) in [5.74, 6) is 1.09. The molecule has 0 radical (unpaired) electrons. The fraction of sp³-hybridized carbons (Fsp3) is 0.217. The molecule has 0 saturated heterocycles. The SMILES string of the molecule is Cc1c(Cl)cccc1S(=O)(=O)Nc1nc2cnccn2c1OCc1ccc2c(c1)OCCN2C. The highest BCUT2D eigenvalue weighted by Crippen LogP contribution is 2.33. The number of imidazole rings is 1. The average Bonchev–Trinajstić information content (AvgIpc) is 3.15. The monoisotopic (exact) mass is 499 g/mol. The van der Waals surface area contributed by atoms with Gasteiger partial charge in [-0.05, 0) is 42.3 Å². The molecule has 0 amide bonds. The molecule has 0 bridgehead atoms. The Hall–Kier alpha value is -3.50. The number of likely N-dealkylation sites (N-methyl/N-ethyl adjacent to an activating group) is 1. The number of halogens is 1. The van der Waals surface area contributed by atoms with Gasteiger partial charge in [-0.25, -0.2) is 13.4 Å². The number of nitrogens with one attached hydrogen (secondary N) is 1. The van der Waals surface area contributed by atoms with Crippen molar-refractivity contribution in [2.45, 2.75) is 18.4 Å². The summed E-state index contributed by atoms with van der Waals surface area (Å²) in [4.78, 5) is 10.7. The smallest absolute Gasteiger partial charge is 0.263 e. The van der Waals surface area contributed by atoms with Crippen molar-refractivity contribution in [2.24, 2.45) is 0 Å². The third kappa shape index (κ3) is 4.10. The fourth-order valence-electron chi connectivity index (χ4n) is 3.79. The molecule has 4 aromatic rings. The highest BCUT2D eigenvalue weighted by Gasteiger charge is 2.24. The number of hydrogen-bond donors (Lipinski definition) is 1. The second-order valence-corrected chi connectivity index (χ2v) is 9.96. The molecule has 9 nitrogen and oxygen atoms in total. The van der Waals surface area contributed by atoms with E-state index in [0.29, 0.717) is 22.8 Å². The maximum Gasteiger partial charge on any atom is 0.263 e. The predicted molar refractivity (Wildman–Crippen MR) is 130 cm³/mol. The molecule has 0 unspecified atom stereocenters. The highest BCUT2D eigenvalue weighted by atomic mass is 35.5. The van der Waals surface area contributed by atoms with Gasteiger partial charge in [0.15, 0.2) is 5.65 Å². The molecule has 0 saturated carbocycles. The van der Waals surface area contributed by atoms with E-state index < -0.39 is 10.0 Å². The van der Waals surface area contributed by atoms with Crippen LogP contribution in [-0.2, 0) is 16.6 Å². The number of anilines is 2. The molecule has 1 N–H and O–H groups in total. The maximum absolute atomic E-state index is 13.2. The minimum absolute atomic E-state index is 0.0568. The van der Waals surface area contributed by atoms with Crippen LogP contribution in [0.1, 0.15) is 11.1 Å². The summed E-state index contributed by atoms with van der Waals surface area (Å²) < 4.78 is 42.4. The fourth-order valence-corrected chi connectivity index (χ4v) is 5.29. The predicted octanol–water partition coefficient (Wildman–Crippen LogP) is 3.90. The van der Waals surface area contributed by atoms with Gasteiger partial charge < -0.3 is 14.4 Å². The first kappa shape index (κ1) is 22.3. The zero-order chi connectivity index (χ0) is 23.9. The second-order valence-electron chi connectivity index (χ2n) is 7.90. The molecule has 11 heteroatoms. The Balaban J connectivity index is 1.47. The number of ether oxygens (including phenoxy) is 2. The first-order chi connectivity index (χ1) is 16.3. The molecule has 1 aliphatic heterocycles. The molecular formula is C23H22ClN5O4S. The Morgan fingerprint density at radius 3 is 2.97 bits per heavy atom. The molecule has 176 valence electrons. The summed E-state index contributed by atoms with van der Waals surface area (Å²) >= 11 is 6.14. The van der Waals surface area contributed by atoms with Crippen LogP contribution < -0.4 is 19.1 Å². The zero-order valence-corrected chi connectivity index (χ0v) is 20.1. The van der Waals surface area contributed by atoms with Crippen molar-refractivity contribution in [2.75, 3.05) is 29.8 Å². The third-order valence-electron chi connectivity index (χ3n) is 5.62. The lowest BCUT2D eigenvalue weighted by molar-refractivity contribution is 0.288. The molecule has 2 aromatic heterocycles. The molecule has 34 heavy (non-hydrogen) atoms. The van der Waals surface area contributed by atoms with E-state index in [1.807, 2.05) is 25.2 Å². The summed E-state index contributed by atoms with van der Waals surface area (Å²) in [6.07, 6.45) is 4.76. The summed E-state index contributed by atoms with van der Waals surface area (Å²) in [7, 11) is -1.96. The first-order valence-electron chi connectivity index (χ1n) is 10.5. The molecule has 2 aromatic carbocycles. The lowest BCUT2D eigenvalue weighted by Crippen LogP contribution is -2.28. The summed E-state index contributed by atoms with van der Waals surface area (Å²) in [5.41, 5.74) is 2.77. The number of benzene rings is 2. The Labute approximate surface area is 202 Å². The number of hydrogen-bond acceptors (Lipinski definition) is 7. The van der Waals surface area contributed by atoms with Gasteiger partial charge in [0.25, 0.3) is 10.0 Å². The van der Waals surface area contributed by atoms with Crippen LogP contribution >= 0.6 is 11.6 Å². The van der Waals surface area contributed by atoms with Crippen molar-refractivity contribution in [1.82, 2.24) is 14.4 Å². The van der Waals surface area contributed by atoms with E-state index >= 15 is 0 Å². The van der Waals surface area contributed by atoms with Gasteiger partial charge in [0, 0.05) is 24.5 Å². The van der Waals surface area contributed by atoms with Crippen LogP contribution in [0.15, 0.2) is 59.9 Å². The van der Waals surface area contributed by atoms with E-state index in [0.717, 1.165) is 23.5 Å². The zero-order valence-electron chi connectivity index (χ0n) is 18.5. The Morgan fingerprint density at radius 1 is 1.26 bits per heavy atom. The molecule has 0 spiro atoms. The maximum atomic E-state index is 13.2. The third-order valence-corrected chi connectivity index (χ3v) is 7.51. The second kappa shape index (κ2) is 8.69. The molecule has 0 atom stereocenters. The van der Waals surface area contributed by atoms with Crippen LogP contribution in [0.4, 0.5) is 11.5 Å². The average molecular weight is 500 g/mol. The number of fused-ring (bicyclic) bond motifs is 2. The van der Waals surface area contributed by atoms with Crippen LogP contribution in [-0.4, -0.2) is 43.0 Å². The lowest BCUT2D eigenvalue weighted by atomic mass is 10.1. The Morgan fingerprint density at radius 2 is 2.12 bits per heavy atom. The number of rotatable bonds is 6. The normalized spacial score (nSPS) is 13.4. The van der Waals surface area contributed by atoms with Crippen LogP contribution in [0, 0.1) is 6.92 Å². The van der Waals surface area contributed by atoms with E-state index in [9.17, 15) is 8.42 Å². The number of nitrogens with zero attached hydrogens (tertiary/aromatic N) is 4. The van der Waals surface area contributed by atoms with Gasteiger partial charge in [-0.15, -0.1) is 0 Å². The number of aromatic nitrogens is 3. The molecule has 5 rings (SSSR count). The van der Waals surface area contributed by atoms with Gasteiger partial charge in [0.2, 0.25) is 11.7 Å². The van der Waals surface area contributed by atoms with E-state index in [1.54, 1.807) is 35.9 Å². The van der Waals surface area contributed by atoms with E-state index in [-0.39, 0.29) is 23.2 Å². The van der Waals surface area contributed by atoms with Crippen molar-refractivity contribution in [3.05, 3.63) is 71.1 Å². The first-order valence-corrected chi connectivity index (χ1v) is 12.4. The van der Waals surface area contributed by atoms with E-state index in [4.69, 9.17) is 21.1 Å². The molecule has 0 aliphatic carbocycles. The lowest BCUT2D eigenvalue weighted by Gasteiger charge is -2.27. The van der Waals surface area contributed by atoms with Gasteiger partial charge in [-0.1, -0.05) is 23.7 Å². The van der Waals surface area contributed by atoms with Crippen molar-refractivity contribution in [1.29, 1.82) is 0 Å². The minimum Gasteiger partial charge on any atom is -0.490 e. The summed E-state index contributed by atoms with van der Waals surface area (Å²) in [6.45, 7) is 3.27. The van der Waals surface area contributed by atoms with Gasteiger partial charge in [-0.2, -0.15) is 0 Å². The van der Waals surface area contributed by atoms with Gasteiger partial charge in [0.05, 0.1) is 23.3 Å². The van der Waals surface area contributed by atoms with Gasteiger partial charge in [0.1, 0.15) is 19.0 Å².